The molecule has 1 aromatic heterocycles. The molecule has 1 aliphatic rings. The molecule has 40 heavy (non-hydrogen) atoms. The van der Waals surface area contributed by atoms with Gasteiger partial charge in [-0.05, 0) is 91.0 Å². The Hall–Kier alpha value is -3.83. The van der Waals surface area contributed by atoms with Crippen LogP contribution in [0.5, 0.6) is 0 Å². The Balaban J connectivity index is 1.30. The molecule has 0 spiro atoms. The third-order valence-corrected chi connectivity index (χ3v) is 7.38. The quantitative estimate of drug-likeness (QED) is 0.236. The second-order valence-corrected chi connectivity index (χ2v) is 11.9. The molecular weight excluding hydrogens is 558 g/mol. The zero-order valence-electron chi connectivity index (χ0n) is 22.0. The number of benzene rings is 2. The summed E-state index contributed by atoms with van der Waals surface area (Å²) in [5.74, 6) is -3.12. The van der Waals surface area contributed by atoms with Crippen LogP contribution in [0.2, 0.25) is 0 Å². The summed E-state index contributed by atoms with van der Waals surface area (Å²) in [6.07, 6.45) is 1.58. The Kier molecular flexibility index (Phi) is 8.85. The molecule has 0 atom stereocenters. The fourth-order valence-corrected chi connectivity index (χ4v) is 5.54. The molecule has 3 aromatic rings. The average Bonchev–Trinajstić information content (AvgIpc) is 3.44. The van der Waals surface area contributed by atoms with Crippen molar-refractivity contribution in [3.63, 3.8) is 0 Å². The first-order chi connectivity index (χ1) is 18.9. The molecule has 4 rings (SSSR count). The molecule has 0 saturated carbocycles. The molecule has 11 heteroatoms. The lowest BCUT2D eigenvalue weighted by molar-refractivity contribution is -0.153. The van der Waals surface area contributed by atoms with Crippen LogP contribution in [0, 0.1) is 11.6 Å². The SMILES string of the molecule is CC(C)(C)OC(=O)Cc1ccc(NC(=O)CCN2C(=O)SC(=Cc3cc(-c4ccc(F)c(F)c4)cs3)C2=O)cc1. The number of carbonyl (C=O) groups is 4. The molecule has 208 valence electrons. The van der Waals surface area contributed by atoms with Gasteiger partial charge in [-0.1, -0.05) is 18.2 Å². The molecule has 1 N–H and O–H groups in total. The highest BCUT2D eigenvalue weighted by Gasteiger charge is 2.35. The van der Waals surface area contributed by atoms with Crippen LogP contribution < -0.4 is 5.32 Å². The third-order valence-electron chi connectivity index (χ3n) is 5.59. The smallest absolute Gasteiger partial charge is 0.310 e. The van der Waals surface area contributed by atoms with E-state index in [1.54, 1.807) is 62.6 Å². The van der Waals surface area contributed by atoms with Gasteiger partial charge in [0, 0.05) is 23.5 Å². The number of ether oxygens (including phenoxy) is 1. The lowest BCUT2D eigenvalue weighted by atomic mass is 10.1. The molecule has 0 radical (unpaired) electrons. The number of hydrogen-bond donors (Lipinski definition) is 1. The number of nitrogens with zero attached hydrogens (tertiary/aromatic N) is 1. The van der Waals surface area contributed by atoms with Gasteiger partial charge in [-0.2, -0.15) is 0 Å². The monoisotopic (exact) mass is 584 g/mol. The van der Waals surface area contributed by atoms with Crippen molar-refractivity contribution in [1.82, 2.24) is 4.90 Å². The van der Waals surface area contributed by atoms with Crippen LogP contribution in [0.15, 0.2) is 58.8 Å². The standard InChI is InChI=1S/C29H26F2N2O5S2/c1-29(2,3)38-26(35)12-17-4-7-20(8-5-17)32-25(34)10-11-33-27(36)24(40-28(33)37)15-21-13-19(16-39-21)18-6-9-22(30)23(31)14-18/h4-9,13-16H,10-12H2,1-3H3,(H,32,34). The molecule has 2 heterocycles. The molecule has 2 aromatic carbocycles. The maximum Gasteiger partial charge on any atom is 0.310 e. The lowest BCUT2D eigenvalue weighted by Gasteiger charge is -2.19. The second-order valence-electron chi connectivity index (χ2n) is 9.96. The van der Waals surface area contributed by atoms with E-state index in [1.807, 2.05) is 0 Å². The van der Waals surface area contributed by atoms with Gasteiger partial charge in [0.25, 0.3) is 11.1 Å². The van der Waals surface area contributed by atoms with Crippen LogP contribution >= 0.6 is 23.1 Å². The number of carbonyl (C=O) groups excluding carboxylic acids is 4. The zero-order chi connectivity index (χ0) is 29.0. The molecule has 0 unspecified atom stereocenters. The van der Waals surface area contributed by atoms with Crippen molar-refractivity contribution in [3.8, 4) is 11.1 Å². The van der Waals surface area contributed by atoms with Gasteiger partial charge in [-0.15, -0.1) is 11.3 Å². The van der Waals surface area contributed by atoms with E-state index in [0.29, 0.717) is 21.7 Å². The Labute approximate surface area is 238 Å². The van der Waals surface area contributed by atoms with Crippen molar-refractivity contribution in [1.29, 1.82) is 0 Å². The highest BCUT2D eigenvalue weighted by molar-refractivity contribution is 8.18. The van der Waals surface area contributed by atoms with Gasteiger partial charge in [0.05, 0.1) is 11.3 Å². The molecule has 1 aliphatic heterocycles. The minimum absolute atomic E-state index is 0.0882. The van der Waals surface area contributed by atoms with Gasteiger partial charge in [-0.25, -0.2) is 8.78 Å². The average molecular weight is 585 g/mol. The number of anilines is 1. The number of amides is 3. The molecule has 1 fully saturated rings. The van der Waals surface area contributed by atoms with Gasteiger partial charge in [0.15, 0.2) is 11.6 Å². The van der Waals surface area contributed by atoms with Crippen molar-refractivity contribution in [2.45, 2.75) is 39.2 Å². The van der Waals surface area contributed by atoms with Gasteiger partial charge in [-0.3, -0.25) is 24.1 Å². The zero-order valence-corrected chi connectivity index (χ0v) is 23.6. The van der Waals surface area contributed by atoms with Crippen molar-refractivity contribution < 1.29 is 32.7 Å². The number of esters is 1. The lowest BCUT2D eigenvalue weighted by Crippen LogP contribution is -2.31. The summed E-state index contributed by atoms with van der Waals surface area (Å²) in [4.78, 5) is 51.6. The van der Waals surface area contributed by atoms with Crippen molar-refractivity contribution in [2.75, 3.05) is 11.9 Å². The predicted molar refractivity (Wildman–Crippen MR) is 152 cm³/mol. The van der Waals surface area contributed by atoms with Crippen LogP contribution in [0.1, 0.15) is 37.6 Å². The van der Waals surface area contributed by atoms with Crippen molar-refractivity contribution in [3.05, 3.63) is 80.9 Å². The highest BCUT2D eigenvalue weighted by atomic mass is 32.2. The fraction of sp³-hybridized carbons (Fsp3) is 0.241. The van der Waals surface area contributed by atoms with Gasteiger partial charge >= 0.3 is 5.97 Å². The van der Waals surface area contributed by atoms with E-state index in [9.17, 15) is 28.0 Å². The summed E-state index contributed by atoms with van der Waals surface area (Å²) < 4.78 is 32.1. The maximum atomic E-state index is 13.6. The van der Waals surface area contributed by atoms with Crippen LogP contribution in [-0.4, -0.2) is 40.1 Å². The van der Waals surface area contributed by atoms with Crippen LogP contribution in [0.3, 0.4) is 0 Å². The molecule has 0 bridgehead atoms. The number of rotatable bonds is 8. The normalized spacial score (nSPS) is 14.6. The topological polar surface area (TPSA) is 92.8 Å². The Morgan fingerprint density at radius 3 is 2.40 bits per heavy atom. The van der Waals surface area contributed by atoms with E-state index in [2.05, 4.69) is 5.32 Å². The number of thioether (sulfide) groups is 1. The second kappa shape index (κ2) is 12.1. The first kappa shape index (κ1) is 29.2. The van der Waals surface area contributed by atoms with E-state index >= 15 is 0 Å². The Morgan fingerprint density at radius 2 is 1.73 bits per heavy atom. The Morgan fingerprint density at radius 1 is 1.00 bits per heavy atom. The third kappa shape index (κ3) is 7.64. The van der Waals surface area contributed by atoms with E-state index in [0.717, 1.165) is 34.4 Å². The number of nitrogens with one attached hydrogen (secondary N) is 1. The fourth-order valence-electron chi connectivity index (χ4n) is 3.76. The van der Waals surface area contributed by atoms with Crippen LogP contribution in [0.25, 0.3) is 17.2 Å². The van der Waals surface area contributed by atoms with Gasteiger partial charge in [0.1, 0.15) is 5.60 Å². The van der Waals surface area contributed by atoms with Gasteiger partial charge in [0.2, 0.25) is 5.91 Å². The minimum atomic E-state index is -0.953. The maximum absolute atomic E-state index is 13.6. The van der Waals surface area contributed by atoms with Crippen LogP contribution in [0.4, 0.5) is 19.3 Å². The molecule has 0 aliphatic carbocycles. The summed E-state index contributed by atoms with van der Waals surface area (Å²) in [7, 11) is 0. The Bertz CT molecular complexity index is 1490. The molecular formula is C29H26F2N2O5S2. The van der Waals surface area contributed by atoms with E-state index in [-0.39, 0.29) is 36.2 Å². The summed E-state index contributed by atoms with van der Waals surface area (Å²) in [6.45, 7) is 5.30. The molecule has 3 amide bonds. The predicted octanol–water partition coefficient (Wildman–Crippen LogP) is 6.64. The largest absolute Gasteiger partial charge is 0.460 e. The summed E-state index contributed by atoms with van der Waals surface area (Å²) >= 11 is 2.07. The first-order valence-electron chi connectivity index (χ1n) is 12.3. The van der Waals surface area contributed by atoms with E-state index < -0.39 is 28.4 Å². The van der Waals surface area contributed by atoms with Crippen molar-refractivity contribution in [2.24, 2.45) is 0 Å². The molecule has 7 nitrogen and oxygen atoms in total. The van der Waals surface area contributed by atoms with E-state index in [1.165, 1.54) is 17.4 Å². The van der Waals surface area contributed by atoms with Gasteiger partial charge < -0.3 is 10.1 Å². The highest BCUT2D eigenvalue weighted by Crippen LogP contribution is 2.35. The van der Waals surface area contributed by atoms with Crippen molar-refractivity contribution >= 4 is 57.9 Å². The minimum Gasteiger partial charge on any atom is -0.460 e. The number of halogens is 2. The number of thiophene rings is 1. The number of hydrogen-bond acceptors (Lipinski definition) is 7. The summed E-state index contributed by atoms with van der Waals surface area (Å²) in [5, 5.41) is 3.99. The summed E-state index contributed by atoms with van der Waals surface area (Å²) in [6, 6.07) is 12.1. The van der Waals surface area contributed by atoms with Crippen LogP contribution in [-0.2, 0) is 25.5 Å². The molecule has 1 saturated heterocycles. The first-order valence-corrected chi connectivity index (χ1v) is 14.0. The van der Waals surface area contributed by atoms with E-state index in [4.69, 9.17) is 4.74 Å². The summed E-state index contributed by atoms with van der Waals surface area (Å²) in [5.41, 5.74) is 1.83. The number of imide groups is 1.